The molecule has 0 saturated carbocycles. The number of ether oxygens (including phenoxy) is 2. The summed E-state index contributed by atoms with van der Waals surface area (Å²) in [5.41, 5.74) is 1.27. The van der Waals surface area contributed by atoms with Gasteiger partial charge in [0.2, 0.25) is 11.7 Å². The molecule has 0 spiro atoms. The maximum Gasteiger partial charge on any atom is 0.229 e. The quantitative estimate of drug-likeness (QED) is 0.215. The molecule has 0 bridgehead atoms. The SMILES string of the molecule is O=c1c(-c2ccc(O[C@H]3O[C@H](CO)[C@@H](O)[C@H](O)[C@H]3O)cc2)coc2c(CN3CCCCC3)c(O)c(CN3CCCCC3)c(O)c12. The van der Waals surface area contributed by atoms with E-state index in [1.807, 2.05) is 0 Å². The van der Waals surface area contributed by atoms with Crippen molar-refractivity contribution in [1.82, 2.24) is 9.80 Å². The van der Waals surface area contributed by atoms with Crippen molar-refractivity contribution in [3.63, 3.8) is 0 Å². The number of likely N-dealkylation sites (tertiary alicyclic amines) is 2. The van der Waals surface area contributed by atoms with E-state index in [0.717, 1.165) is 64.7 Å². The van der Waals surface area contributed by atoms with Crippen molar-refractivity contribution in [2.45, 2.75) is 82.3 Å². The minimum absolute atomic E-state index is 0.0262. The highest BCUT2D eigenvalue weighted by Gasteiger charge is 2.44. The van der Waals surface area contributed by atoms with E-state index in [1.54, 1.807) is 24.3 Å². The summed E-state index contributed by atoms with van der Waals surface area (Å²) in [6, 6.07) is 6.30. The predicted octanol–water partition coefficient (Wildman–Crippen LogP) is 2.02. The summed E-state index contributed by atoms with van der Waals surface area (Å²) in [6.45, 7) is 3.61. The number of rotatable bonds is 8. The number of aliphatic hydroxyl groups excluding tert-OH is 4. The monoisotopic (exact) mass is 626 g/mol. The van der Waals surface area contributed by atoms with E-state index in [2.05, 4.69) is 9.80 Å². The highest BCUT2D eigenvalue weighted by molar-refractivity contribution is 5.92. The summed E-state index contributed by atoms with van der Waals surface area (Å²) in [7, 11) is 0. The van der Waals surface area contributed by atoms with Crippen LogP contribution in [0, 0.1) is 0 Å². The molecule has 6 rings (SSSR count). The number of hydrogen-bond acceptors (Lipinski definition) is 12. The fourth-order valence-corrected chi connectivity index (χ4v) is 6.65. The van der Waals surface area contributed by atoms with E-state index in [-0.39, 0.29) is 33.8 Å². The zero-order chi connectivity index (χ0) is 31.7. The first-order valence-electron chi connectivity index (χ1n) is 15.8. The molecule has 6 N–H and O–H groups in total. The molecule has 1 aromatic heterocycles. The number of piperidine rings is 2. The molecule has 0 aliphatic carbocycles. The number of hydrogen-bond donors (Lipinski definition) is 6. The van der Waals surface area contributed by atoms with Gasteiger partial charge in [-0.15, -0.1) is 0 Å². The van der Waals surface area contributed by atoms with Crippen LogP contribution < -0.4 is 10.2 Å². The fraction of sp³-hybridized carbons (Fsp3) is 0.545. The molecule has 3 saturated heterocycles. The lowest BCUT2D eigenvalue weighted by Crippen LogP contribution is -2.60. The van der Waals surface area contributed by atoms with Crippen LogP contribution in [0.2, 0.25) is 0 Å². The van der Waals surface area contributed by atoms with Gasteiger partial charge in [0, 0.05) is 13.1 Å². The third kappa shape index (κ3) is 6.41. The molecule has 3 aromatic rings. The molecule has 2 aromatic carbocycles. The Kier molecular flexibility index (Phi) is 9.62. The fourth-order valence-electron chi connectivity index (χ4n) is 6.65. The lowest BCUT2D eigenvalue weighted by Gasteiger charge is -2.39. The second kappa shape index (κ2) is 13.6. The number of aromatic hydroxyl groups is 2. The van der Waals surface area contributed by atoms with Gasteiger partial charge in [0.25, 0.3) is 0 Å². The molecule has 3 aliphatic rings. The third-order valence-corrected chi connectivity index (χ3v) is 9.29. The summed E-state index contributed by atoms with van der Waals surface area (Å²) >= 11 is 0. The van der Waals surface area contributed by atoms with Crippen LogP contribution in [0.3, 0.4) is 0 Å². The van der Waals surface area contributed by atoms with Gasteiger partial charge >= 0.3 is 0 Å². The van der Waals surface area contributed by atoms with Crippen molar-refractivity contribution >= 4 is 11.0 Å². The van der Waals surface area contributed by atoms with Gasteiger partial charge in [-0.05, 0) is 69.6 Å². The van der Waals surface area contributed by atoms with Crippen molar-refractivity contribution in [3.05, 3.63) is 51.9 Å². The van der Waals surface area contributed by atoms with Crippen LogP contribution in [-0.2, 0) is 17.8 Å². The smallest absolute Gasteiger partial charge is 0.229 e. The summed E-state index contributed by atoms with van der Waals surface area (Å²) in [4.78, 5) is 18.5. The van der Waals surface area contributed by atoms with Crippen LogP contribution in [-0.4, -0.2) is 104 Å². The minimum atomic E-state index is -1.57. The Balaban J connectivity index is 1.33. The lowest BCUT2D eigenvalue weighted by atomic mass is 9.97. The van der Waals surface area contributed by atoms with E-state index >= 15 is 0 Å². The van der Waals surface area contributed by atoms with Crippen LogP contribution in [0.25, 0.3) is 22.1 Å². The van der Waals surface area contributed by atoms with E-state index in [9.17, 15) is 35.4 Å². The molecule has 5 atom stereocenters. The molecule has 12 heteroatoms. The second-order valence-electron chi connectivity index (χ2n) is 12.4. The van der Waals surface area contributed by atoms with E-state index in [4.69, 9.17) is 13.9 Å². The van der Waals surface area contributed by atoms with Crippen molar-refractivity contribution < 1.29 is 44.5 Å². The second-order valence-corrected chi connectivity index (χ2v) is 12.4. The molecule has 45 heavy (non-hydrogen) atoms. The van der Waals surface area contributed by atoms with Gasteiger partial charge in [0.15, 0.2) is 0 Å². The van der Waals surface area contributed by atoms with E-state index < -0.39 is 42.7 Å². The highest BCUT2D eigenvalue weighted by atomic mass is 16.7. The average Bonchev–Trinajstić information content (AvgIpc) is 3.06. The van der Waals surface area contributed by atoms with Crippen molar-refractivity contribution in [2.24, 2.45) is 0 Å². The zero-order valence-electron chi connectivity index (χ0n) is 25.2. The minimum Gasteiger partial charge on any atom is -0.507 e. The van der Waals surface area contributed by atoms with Gasteiger partial charge in [-0.25, -0.2) is 0 Å². The number of fused-ring (bicyclic) bond motifs is 1. The van der Waals surface area contributed by atoms with Gasteiger partial charge < -0.3 is 44.5 Å². The predicted molar refractivity (Wildman–Crippen MR) is 164 cm³/mol. The Labute approximate surface area is 260 Å². The molecule has 244 valence electrons. The number of aliphatic hydroxyl groups is 4. The number of benzene rings is 2. The maximum absolute atomic E-state index is 14.0. The van der Waals surface area contributed by atoms with Crippen LogP contribution in [0.5, 0.6) is 17.2 Å². The molecular formula is C33H42N2O10. The van der Waals surface area contributed by atoms with Crippen LogP contribution in [0.15, 0.2) is 39.7 Å². The Morgan fingerprint density at radius 3 is 1.98 bits per heavy atom. The number of phenols is 2. The molecule has 0 unspecified atom stereocenters. The Morgan fingerprint density at radius 1 is 0.778 bits per heavy atom. The average molecular weight is 627 g/mol. The molecule has 0 amide bonds. The van der Waals surface area contributed by atoms with Crippen molar-refractivity contribution in [1.29, 1.82) is 0 Å². The molecule has 3 aliphatic heterocycles. The topological polar surface area (TPSA) is 177 Å². The number of nitrogens with zero attached hydrogens (tertiary/aromatic N) is 2. The lowest BCUT2D eigenvalue weighted by molar-refractivity contribution is -0.277. The summed E-state index contributed by atoms with van der Waals surface area (Å²) in [5.74, 6) is -0.0518. The first kappa shape index (κ1) is 31.7. The van der Waals surface area contributed by atoms with Crippen LogP contribution >= 0.6 is 0 Å². The summed E-state index contributed by atoms with van der Waals surface area (Å²) < 4.78 is 17.2. The Morgan fingerprint density at radius 2 is 1.38 bits per heavy atom. The van der Waals surface area contributed by atoms with Crippen LogP contribution in [0.1, 0.15) is 49.7 Å². The zero-order valence-corrected chi connectivity index (χ0v) is 25.2. The Bertz CT molecular complexity index is 1530. The summed E-state index contributed by atoms with van der Waals surface area (Å²) in [5, 5.41) is 62.8. The van der Waals surface area contributed by atoms with E-state index in [0.29, 0.717) is 29.8 Å². The first-order chi connectivity index (χ1) is 21.8. The van der Waals surface area contributed by atoms with Crippen molar-refractivity contribution in [3.8, 4) is 28.4 Å². The summed E-state index contributed by atoms with van der Waals surface area (Å²) in [6.07, 6.45) is 0.732. The standard InChI is InChI=1S/C33H42N2O10/c36-17-24-29(40)30(41)31(42)33(45-24)44-20-9-7-19(8-10-20)23-18-43-32-22(16-35-13-5-2-6-14-35)26(37)21(27(38)25(32)28(23)39)15-34-11-3-1-4-12-34/h7-10,18,24,29-31,33,36-38,40-42H,1-6,11-17H2/t24-,29-,30+,31-,33+/m1/s1. The molecule has 3 fully saturated rings. The number of phenolic OH excluding ortho intramolecular Hbond substituents is 2. The third-order valence-electron chi connectivity index (χ3n) is 9.29. The van der Waals surface area contributed by atoms with E-state index in [1.165, 1.54) is 6.26 Å². The molecular weight excluding hydrogens is 584 g/mol. The first-order valence-corrected chi connectivity index (χ1v) is 15.8. The maximum atomic E-state index is 14.0. The molecule has 0 radical (unpaired) electrons. The van der Waals surface area contributed by atoms with Crippen LogP contribution in [0.4, 0.5) is 0 Å². The largest absolute Gasteiger partial charge is 0.507 e. The van der Waals surface area contributed by atoms with Gasteiger partial charge in [-0.1, -0.05) is 25.0 Å². The van der Waals surface area contributed by atoms with Gasteiger partial charge in [-0.3, -0.25) is 14.6 Å². The van der Waals surface area contributed by atoms with Crippen molar-refractivity contribution in [2.75, 3.05) is 32.8 Å². The highest BCUT2D eigenvalue weighted by Crippen LogP contribution is 2.41. The van der Waals surface area contributed by atoms with Gasteiger partial charge in [0.1, 0.15) is 58.9 Å². The Hall–Kier alpha value is -3.23. The molecule has 12 nitrogen and oxygen atoms in total. The van der Waals surface area contributed by atoms with Gasteiger partial charge in [0.05, 0.1) is 23.3 Å². The van der Waals surface area contributed by atoms with Gasteiger partial charge in [-0.2, -0.15) is 0 Å². The normalized spacial score (nSPS) is 26.7. The molecule has 4 heterocycles.